The Morgan fingerprint density at radius 1 is 0.636 bits per heavy atom. The number of azo groups is 1. The molecule has 1 aliphatic heterocycles. The zero-order valence-corrected chi connectivity index (χ0v) is 11.7. The highest BCUT2D eigenvalue weighted by molar-refractivity contribution is 5.68. The Kier molecular flexibility index (Phi) is 3.05. The van der Waals surface area contributed by atoms with E-state index in [1.165, 1.54) is 0 Å². The van der Waals surface area contributed by atoms with Gasteiger partial charge < -0.3 is 10.1 Å². The first-order chi connectivity index (χ1) is 10.9. The summed E-state index contributed by atoms with van der Waals surface area (Å²) in [7, 11) is 0. The second-order valence-electron chi connectivity index (χ2n) is 4.94. The van der Waals surface area contributed by atoms with Crippen LogP contribution in [0.5, 0.6) is 11.5 Å². The van der Waals surface area contributed by atoms with Crippen LogP contribution in [0.3, 0.4) is 0 Å². The van der Waals surface area contributed by atoms with Crippen LogP contribution in [0, 0.1) is 0 Å². The lowest BCUT2D eigenvalue weighted by molar-refractivity contribution is 0.488. The number of para-hydroxylation sites is 2. The van der Waals surface area contributed by atoms with Crippen LogP contribution in [-0.4, -0.2) is 0 Å². The molecule has 22 heavy (non-hydrogen) atoms. The van der Waals surface area contributed by atoms with Crippen molar-refractivity contribution in [2.75, 3.05) is 5.32 Å². The third-order valence-electron chi connectivity index (χ3n) is 3.37. The number of ether oxygens (including phenoxy) is 1. The molecule has 4 rings (SSSR count). The van der Waals surface area contributed by atoms with Crippen molar-refractivity contribution in [2.45, 2.75) is 0 Å². The molecule has 0 fully saturated rings. The zero-order chi connectivity index (χ0) is 14.8. The summed E-state index contributed by atoms with van der Waals surface area (Å²) in [4.78, 5) is 0. The van der Waals surface area contributed by atoms with Crippen molar-refractivity contribution in [3.63, 3.8) is 0 Å². The van der Waals surface area contributed by atoms with Crippen LogP contribution in [0.1, 0.15) is 0 Å². The highest BCUT2D eigenvalue weighted by Gasteiger charge is 2.13. The minimum absolute atomic E-state index is 0.689. The van der Waals surface area contributed by atoms with Gasteiger partial charge in [-0.3, -0.25) is 0 Å². The molecule has 1 N–H and O–H groups in total. The van der Waals surface area contributed by atoms with E-state index < -0.39 is 0 Å². The molecule has 4 nitrogen and oxygen atoms in total. The van der Waals surface area contributed by atoms with E-state index in [-0.39, 0.29) is 0 Å². The normalized spacial score (nSPS) is 11.8. The summed E-state index contributed by atoms with van der Waals surface area (Å²) in [6.07, 6.45) is 0. The molecule has 0 amide bonds. The van der Waals surface area contributed by atoms with Gasteiger partial charge in [-0.2, -0.15) is 0 Å². The minimum Gasteiger partial charge on any atom is -0.453 e. The summed E-state index contributed by atoms with van der Waals surface area (Å²) in [6.45, 7) is 0. The Hall–Kier alpha value is -3.14. The van der Waals surface area contributed by atoms with Gasteiger partial charge in [0, 0.05) is 17.4 Å². The second-order valence-corrected chi connectivity index (χ2v) is 4.94. The molecule has 0 atom stereocenters. The standard InChI is InChI=1S/C18H13N3O/c1-2-6-13(7-3-1)19-14-10-11-16-18(12-14)22-17-9-5-4-8-15(17)20-21-16/h1-12,19H. The molecule has 0 bridgehead atoms. The molecule has 3 aromatic rings. The number of hydrogen-bond donors (Lipinski definition) is 1. The van der Waals surface area contributed by atoms with Crippen molar-refractivity contribution in [1.29, 1.82) is 0 Å². The highest BCUT2D eigenvalue weighted by atomic mass is 16.5. The average Bonchev–Trinajstić information content (AvgIpc) is 2.74. The Morgan fingerprint density at radius 3 is 2.23 bits per heavy atom. The maximum Gasteiger partial charge on any atom is 0.157 e. The Bertz CT molecular complexity index is 844. The van der Waals surface area contributed by atoms with Gasteiger partial charge in [0.1, 0.15) is 11.4 Å². The number of hydrogen-bond acceptors (Lipinski definition) is 4. The van der Waals surface area contributed by atoms with Crippen LogP contribution in [0.15, 0.2) is 83.0 Å². The number of fused-ring (bicyclic) bond motifs is 2. The number of nitrogens with zero attached hydrogens (tertiary/aromatic N) is 2. The SMILES string of the molecule is c1ccc(Nc2ccc3c(c2)Oc2ccccc2N=N3)cc1. The van der Waals surface area contributed by atoms with Crippen LogP contribution in [-0.2, 0) is 0 Å². The van der Waals surface area contributed by atoms with Crippen molar-refractivity contribution in [3.8, 4) is 11.5 Å². The molecule has 0 saturated carbocycles. The molecule has 106 valence electrons. The van der Waals surface area contributed by atoms with Gasteiger partial charge in [0.25, 0.3) is 0 Å². The minimum atomic E-state index is 0.689. The first kappa shape index (κ1) is 12.6. The lowest BCUT2D eigenvalue weighted by atomic mass is 10.2. The molecule has 3 aromatic carbocycles. The fourth-order valence-corrected chi connectivity index (χ4v) is 2.30. The summed E-state index contributed by atoms with van der Waals surface area (Å²) in [6, 6.07) is 23.4. The van der Waals surface area contributed by atoms with Crippen LogP contribution in [0.25, 0.3) is 0 Å². The first-order valence-corrected chi connectivity index (χ1v) is 7.03. The monoisotopic (exact) mass is 287 g/mol. The predicted octanol–water partition coefficient (Wildman–Crippen LogP) is 5.95. The van der Waals surface area contributed by atoms with Crippen molar-refractivity contribution >= 4 is 22.7 Å². The largest absolute Gasteiger partial charge is 0.453 e. The first-order valence-electron chi connectivity index (χ1n) is 7.03. The molecule has 0 aliphatic carbocycles. The molecule has 1 aliphatic rings. The third kappa shape index (κ3) is 2.42. The molecule has 0 aromatic heterocycles. The van der Waals surface area contributed by atoms with E-state index in [9.17, 15) is 0 Å². The van der Waals surface area contributed by atoms with E-state index >= 15 is 0 Å². The van der Waals surface area contributed by atoms with E-state index in [1.807, 2.05) is 72.8 Å². The highest BCUT2D eigenvalue weighted by Crippen LogP contribution is 2.42. The van der Waals surface area contributed by atoms with Crippen molar-refractivity contribution in [3.05, 3.63) is 72.8 Å². The molecule has 0 spiro atoms. The van der Waals surface area contributed by atoms with Crippen LogP contribution < -0.4 is 10.1 Å². The maximum absolute atomic E-state index is 5.95. The van der Waals surface area contributed by atoms with Gasteiger partial charge in [0.05, 0.1) is 0 Å². The van der Waals surface area contributed by atoms with Crippen LogP contribution in [0.2, 0.25) is 0 Å². The fourth-order valence-electron chi connectivity index (χ4n) is 2.30. The van der Waals surface area contributed by atoms with Gasteiger partial charge in [-0.25, -0.2) is 0 Å². The molecule has 0 radical (unpaired) electrons. The average molecular weight is 287 g/mol. The van der Waals surface area contributed by atoms with Gasteiger partial charge in [0.15, 0.2) is 11.5 Å². The number of benzene rings is 3. The van der Waals surface area contributed by atoms with Gasteiger partial charge in [-0.05, 0) is 36.4 Å². The van der Waals surface area contributed by atoms with E-state index in [2.05, 4.69) is 15.5 Å². The van der Waals surface area contributed by atoms with E-state index in [0.29, 0.717) is 11.5 Å². The molecule has 0 unspecified atom stereocenters. The van der Waals surface area contributed by atoms with Gasteiger partial charge in [-0.1, -0.05) is 30.3 Å². The molecular weight excluding hydrogens is 274 g/mol. The van der Waals surface area contributed by atoms with Gasteiger partial charge in [0.2, 0.25) is 0 Å². The second kappa shape index (κ2) is 5.33. The lowest BCUT2D eigenvalue weighted by Gasteiger charge is -2.10. The topological polar surface area (TPSA) is 46.0 Å². The summed E-state index contributed by atoms with van der Waals surface area (Å²) >= 11 is 0. The van der Waals surface area contributed by atoms with Crippen molar-refractivity contribution in [2.24, 2.45) is 10.2 Å². The summed E-state index contributed by atoms with van der Waals surface area (Å²) in [5, 5.41) is 11.8. The summed E-state index contributed by atoms with van der Waals surface area (Å²) < 4.78 is 5.95. The number of rotatable bonds is 2. The summed E-state index contributed by atoms with van der Waals surface area (Å²) in [5.74, 6) is 1.40. The smallest absolute Gasteiger partial charge is 0.157 e. The molecule has 1 heterocycles. The number of anilines is 2. The molecular formula is C18H13N3O. The quantitative estimate of drug-likeness (QED) is 0.495. The third-order valence-corrected chi connectivity index (χ3v) is 3.37. The van der Waals surface area contributed by atoms with Gasteiger partial charge in [-0.15, -0.1) is 10.2 Å². The fraction of sp³-hybridized carbons (Fsp3) is 0. The number of nitrogens with one attached hydrogen (secondary N) is 1. The Labute approximate surface area is 128 Å². The zero-order valence-electron chi connectivity index (χ0n) is 11.7. The Morgan fingerprint density at radius 2 is 1.36 bits per heavy atom. The predicted molar refractivity (Wildman–Crippen MR) is 86.9 cm³/mol. The van der Waals surface area contributed by atoms with E-state index in [0.717, 1.165) is 22.7 Å². The van der Waals surface area contributed by atoms with Crippen LogP contribution >= 0.6 is 0 Å². The lowest BCUT2D eigenvalue weighted by Crippen LogP contribution is -1.91. The van der Waals surface area contributed by atoms with Crippen LogP contribution in [0.4, 0.5) is 22.7 Å². The molecule has 0 saturated heterocycles. The maximum atomic E-state index is 5.95. The van der Waals surface area contributed by atoms with Gasteiger partial charge >= 0.3 is 0 Å². The molecule has 4 heteroatoms. The van der Waals surface area contributed by atoms with E-state index in [1.54, 1.807) is 0 Å². The van der Waals surface area contributed by atoms with Crippen molar-refractivity contribution in [1.82, 2.24) is 0 Å². The van der Waals surface area contributed by atoms with E-state index in [4.69, 9.17) is 4.74 Å². The Balaban J connectivity index is 1.69. The summed E-state index contributed by atoms with van der Waals surface area (Å²) in [5.41, 5.74) is 3.42. The van der Waals surface area contributed by atoms with Crippen molar-refractivity contribution < 1.29 is 4.74 Å².